The molecular weight excluding hydrogens is 625 g/mol. The van der Waals surface area contributed by atoms with Crippen molar-refractivity contribution in [1.82, 2.24) is 19.4 Å². The summed E-state index contributed by atoms with van der Waals surface area (Å²) in [5, 5.41) is 8.00. The monoisotopic (exact) mass is 665 g/mol. The lowest BCUT2D eigenvalue weighted by Gasteiger charge is -2.42. The minimum atomic E-state index is -0.544. The molecule has 0 amide bonds. The highest BCUT2D eigenvalue weighted by molar-refractivity contribution is 6.31. The largest absolute Gasteiger partial charge is 0.468 e. The summed E-state index contributed by atoms with van der Waals surface area (Å²) in [4.78, 5) is 34.9. The van der Waals surface area contributed by atoms with Crippen molar-refractivity contribution < 1.29 is 18.7 Å². The Morgan fingerprint density at radius 3 is 2.70 bits per heavy atom. The van der Waals surface area contributed by atoms with Crippen molar-refractivity contribution in [3.8, 4) is 16.9 Å². The molecule has 0 spiro atoms. The number of carbonyl (C=O) groups is 1. The second-order valence-electron chi connectivity index (χ2n) is 12.1. The fourth-order valence-electron chi connectivity index (χ4n) is 6.35. The van der Waals surface area contributed by atoms with Gasteiger partial charge in [0, 0.05) is 35.3 Å². The van der Waals surface area contributed by atoms with Gasteiger partial charge in [0.15, 0.2) is 5.82 Å². The van der Waals surface area contributed by atoms with Crippen molar-refractivity contribution in [2.75, 3.05) is 20.3 Å². The third-order valence-corrected chi connectivity index (χ3v) is 8.97. The number of aromatic amines is 1. The predicted molar refractivity (Wildman–Crippen MR) is 180 cm³/mol. The number of carbonyl (C=O) groups excluding carboxylic acids is 1. The van der Waals surface area contributed by atoms with Crippen molar-refractivity contribution in [3.05, 3.63) is 81.1 Å². The molecule has 11 nitrogen and oxygen atoms in total. The number of ether oxygens (including phenoxy) is 2. The van der Waals surface area contributed by atoms with Crippen molar-refractivity contribution in [2.24, 2.45) is 11.5 Å². The summed E-state index contributed by atoms with van der Waals surface area (Å²) in [5.74, 6) is -0.879. The average molecular weight is 666 g/mol. The Bertz CT molecular complexity index is 1790. The first-order chi connectivity index (χ1) is 22.5. The van der Waals surface area contributed by atoms with Gasteiger partial charge in [0.2, 0.25) is 0 Å². The summed E-state index contributed by atoms with van der Waals surface area (Å²) in [5.41, 5.74) is 14.4. The van der Waals surface area contributed by atoms with Gasteiger partial charge in [-0.15, -0.1) is 0 Å². The number of nitrogens with zero attached hydrogens (tertiary/aromatic N) is 3. The van der Waals surface area contributed by atoms with Gasteiger partial charge in [-0.2, -0.15) is 4.98 Å². The van der Waals surface area contributed by atoms with Crippen LogP contribution in [0.2, 0.25) is 5.02 Å². The standard InChI is InChI=1S/C34H41ClFN7O4/c1-20(37)5-3-6-21-15-26(31(36)27(35)16-21)28-17-23-18-43(34(45)41-32(23)40-28)25-11-9-22(10-12-25)29-8-4-7-24(13-14-47-33(38)39)42(29)19-30(44)46-2/h9-12,15-18,20,24,29H,3-8,13-14,19,37H2,1-2H3,(H3,38,39)(H,40,41,45)/t20-,24-,29-/m0/s1. The summed E-state index contributed by atoms with van der Waals surface area (Å²) in [6.07, 6.45) is 7.37. The summed E-state index contributed by atoms with van der Waals surface area (Å²) in [6, 6.07) is 12.5. The number of hydrogen-bond donors (Lipinski definition) is 4. The zero-order chi connectivity index (χ0) is 33.7. The third-order valence-electron chi connectivity index (χ3n) is 8.70. The Labute approximate surface area is 277 Å². The number of piperidine rings is 1. The van der Waals surface area contributed by atoms with Crippen LogP contribution in [0.15, 0.2) is 53.5 Å². The summed E-state index contributed by atoms with van der Waals surface area (Å²) in [7, 11) is 1.37. The van der Waals surface area contributed by atoms with Crippen molar-refractivity contribution >= 4 is 34.6 Å². The zero-order valence-electron chi connectivity index (χ0n) is 26.6. The van der Waals surface area contributed by atoms with E-state index in [1.807, 2.05) is 31.2 Å². The van der Waals surface area contributed by atoms with Gasteiger partial charge in [-0.05, 0) is 93.3 Å². The lowest BCUT2D eigenvalue weighted by atomic mass is 9.89. The second-order valence-corrected chi connectivity index (χ2v) is 12.5. The van der Waals surface area contributed by atoms with Gasteiger partial charge in [-0.1, -0.05) is 23.7 Å². The number of aromatic nitrogens is 3. The van der Waals surface area contributed by atoms with E-state index in [0.717, 1.165) is 43.2 Å². The van der Waals surface area contributed by atoms with Crippen LogP contribution in [0.3, 0.4) is 0 Å². The van der Waals surface area contributed by atoms with Crippen molar-refractivity contribution in [2.45, 2.75) is 70.0 Å². The number of halogens is 2. The number of fused-ring (bicyclic) bond motifs is 1. The number of nitrogens with two attached hydrogens (primary N) is 2. The van der Waals surface area contributed by atoms with Crippen LogP contribution < -0.4 is 17.2 Å². The molecular formula is C34H41ClFN7O4. The first-order valence-corrected chi connectivity index (χ1v) is 16.2. The number of methoxy groups -OCH3 is 1. The molecule has 3 heterocycles. The van der Waals surface area contributed by atoms with E-state index in [0.29, 0.717) is 40.8 Å². The average Bonchev–Trinajstić information content (AvgIpc) is 3.45. The molecule has 250 valence electrons. The maximum Gasteiger partial charge on any atom is 0.354 e. The molecule has 13 heteroatoms. The van der Waals surface area contributed by atoms with Gasteiger partial charge in [-0.3, -0.25) is 19.7 Å². The number of benzene rings is 2. The Balaban J connectivity index is 1.40. The van der Waals surface area contributed by atoms with E-state index in [2.05, 4.69) is 14.9 Å². The smallest absolute Gasteiger partial charge is 0.354 e. The molecule has 4 aromatic rings. The van der Waals surface area contributed by atoms with Gasteiger partial charge in [-0.25, -0.2) is 9.18 Å². The first kappa shape index (κ1) is 34.1. The van der Waals surface area contributed by atoms with Crippen LogP contribution in [0.1, 0.15) is 62.6 Å². The highest BCUT2D eigenvalue weighted by Gasteiger charge is 2.33. The molecule has 1 aliphatic rings. The number of H-pyrrole nitrogens is 1. The molecule has 3 atom stereocenters. The van der Waals surface area contributed by atoms with Crippen LogP contribution in [0.4, 0.5) is 4.39 Å². The SMILES string of the molecule is COC(=O)CN1[C@H](CCOC(=N)N)CCC[C@H]1c1ccc(-n2cc3cc(-c4cc(CCC[C@H](C)N)cc(Cl)c4F)[nH]c3nc2=O)cc1. The lowest BCUT2D eigenvalue weighted by molar-refractivity contribution is -0.144. The quantitative estimate of drug-likeness (QED) is 0.0909. The first-order valence-electron chi connectivity index (χ1n) is 15.8. The third kappa shape index (κ3) is 8.19. The number of aryl methyl sites for hydroxylation is 1. The molecule has 1 fully saturated rings. The van der Waals surface area contributed by atoms with Gasteiger partial charge < -0.3 is 25.9 Å². The Hall–Kier alpha value is -4.26. The maximum absolute atomic E-state index is 15.2. The van der Waals surface area contributed by atoms with Crippen molar-refractivity contribution in [3.63, 3.8) is 0 Å². The number of esters is 1. The van der Waals surface area contributed by atoms with Crippen LogP contribution in [0.5, 0.6) is 0 Å². The van der Waals surface area contributed by atoms with Crippen LogP contribution in [0.25, 0.3) is 28.0 Å². The molecule has 0 aliphatic carbocycles. The highest BCUT2D eigenvalue weighted by atomic mass is 35.5. The van der Waals surface area contributed by atoms with Crippen LogP contribution >= 0.6 is 11.6 Å². The van der Waals surface area contributed by atoms with Crippen molar-refractivity contribution in [1.29, 1.82) is 5.41 Å². The minimum absolute atomic E-state index is 0.0309. The predicted octanol–water partition coefficient (Wildman–Crippen LogP) is 5.21. The van der Waals surface area contributed by atoms with Gasteiger partial charge >= 0.3 is 11.7 Å². The summed E-state index contributed by atoms with van der Waals surface area (Å²) < 4.78 is 26.8. The normalized spacial score (nSPS) is 17.5. The number of likely N-dealkylation sites (tertiary alicyclic amines) is 1. The Morgan fingerprint density at radius 1 is 1.23 bits per heavy atom. The molecule has 0 unspecified atom stereocenters. The van der Waals surface area contributed by atoms with E-state index in [9.17, 15) is 9.59 Å². The minimum Gasteiger partial charge on any atom is -0.468 e. The number of hydrogen-bond acceptors (Lipinski definition) is 8. The molecule has 0 bridgehead atoms. The van der Waals surface area contributed by atoms with Gasteiger partial charge in [0.05, 0.1) is 36.7 Å². The fourth-order valence-corrected chi connectivity index (χ4v) is 6.60. The van der Waals surface area contributed by atoms with Crippen LogP contribution in [-0.2, 0) is 20.7 Å². The van der Waals surface area contributed by atoms with E-state index in [-0.39, 0.29) is 48.3 Å². The second kappa shape index (κ2) is 15.1. The molecule has 5 rings (SSSR count). The van der Waals surface area contributed by atoms with Crippen LogP contribution in [0, 0.1) is 11.2 Å². The molecule has 0 radical (unpaired) electrons. The lowest BCUT2D eigenvalue weighted by Crippen LogP contribution is -2.45. The Morgan fingerprint density at radius 2 is 2.00 bits per heavy atom. The molecule has 1 aliphatic heterocycles. The Kier molecular flexibility index (Phi) is 10.9. The molecule has 1 saturated heterocycles. The fraction of sp³-hybridized carbons (Fsp3) is 0.412. The van der Waals surface area contributed by atoms with E-state index in [1.165, 1.54) is 11.7 Å². The molecule has 2 aromatic carbocycles. The molecule has 2 aromatic heterocycles. The number of rotatable bonds is 12. The van der Waals surface area contributed by atoms with Gasteiger partial charge in [0.25, 0.3) is 6.02 Å². The molecule has 47 heavy (non-hydrogen) atoms. The highest BCUT2D eigenvalue weighted by Crippen LogP contribution is 2.36. The summed E-state index contributed by atoms with van der Waals surface area (Å²) >= 11 is 6.26. The van der Waals surface area contributed by atoms with E-state index in [4.69, 9.17) is 38.0 Å². The summed E-state index contributed by atoms with van der Waals surface area (Å²) in [6.45, 7) is 2.35. The van der Waals surface area contributed by atoms with Crippen LogP contribution in [-0.4, -0.2) is 63.8 Å². The maximum atomic E-state index is 15.2. The number of nitrogens with one attached hydrogen (secondary N) is 2. The van der Waals surface area contributed by atoms with E-state index in [1.54, 1.807) is 24.4 Å². The zero-order valence-corrected chi connectivity index (χ0v) is 27.4. The van der Waals surface area contributed by atoms with E-state index >= 15 is 4.39 Å². The topological polar surface area (TPSA) is 165 Å². The molecule has 0 saturated carbocycles. The van der Waals surface area contributed by atoms with E-state index < -0.39 is 11.5 Å². The van der Waals surface area contributed by atoms with Gasteiger partial charge in [0.1, 0.15) is 5.65 Å². The number of amidine groups is 1. The molecule has 6 N–H and O–H groups in total.